The van der Waals surface area contributed by atoms with E-state index < -0.39 is 11.9 Å². The lowest BCUT2D eigenvalue weighted by molar-refractivity contribution is 0.0474. The second-order valence-corrected chi connectivity index (χ2v) is 6.48. The van der Waals surface area contributed by atoms with E-state index in [2.05, 4.69) is 6.58 Å². The third-order valence-electron chi connectivity index (χ3n) is 4.76. The molecule has 0 radical (unpaired) electrons. The highest BCUT2D eigenvalue weighted by Gasteiger charge is 2.35. The Morgan fingerprint density at radius 2 is 1.71 bits per heavy atom. The van der Waals surface area contributed by atoms with Crippen molar-refractivity contribution in [3.05, 3.63) is 95.6 Å². The Balaban J connectivity index is 1.55. The van der Waals surface area contributed by atoms with Crippen molar-refractivity contribution in [3.8, 4) is 0 Å². The first-order chi connectivity index (χ1) is 13.6. The summed E-state index contributed by atoms with van der Waals surface area (Å²) in [6.45, 7) is 3.81. The molecule has 0 N–H and O–H groups in total. The molecule has 0 spiro atoms. The first-order valence-electron chi connectivity index (χ1n) is 8.85. The molecule has 1 aliphatic rings. The molecule has 0 aliphatic carbocycles. The number of benzene rings is 3. The van der Waals surface area contributed by atoms with Gasteiger partial charge in [-0.1, -0.05) is 48.5 Å². The molecular weight excluding hydrogens is 354 g/mol. The van der Waals surface area contributed by atoms with E-state index in [1.54, 1.807) is 0 Å². The van der Waals surface area contributed by atoms with Gasteiger partial charge in [0.2, 0.25) is 0 Å². The Labute approximate surface area is 161 Å². The number of carbonyl (C=O) groups is 3. The maximum absolute atomic E-state index is 12.5. The van der Waals surface area contributed by atoms with Crippen LogP contribution in [0.5, 0.6) is 0 Å². The molecular formula is C23H17NO4. The normalized spacial score (nSPS) is 12.9. The molecule has 0 bridgehead atoms. The number of imide groups is 1. The van der Waals surface area contributed by atoms with Crippen LogP contribution in [0.4, 0.5) is 0 Å². The minimum Gasteiger partial charge on any atom is -0.457 e. The number of hydrogen-bond acceptors (Lipinski definition) is 4. The van der Waals surface area contributed by atoms with Crippen molar-refractivity contribution in [3.63, 3.8) is 0 Å². The van der Waals surface area contributed by atoms with E-state index in [0.29, 0.717) is 0 Å². The zero-order chi connectivity index (χ0) is 19.7. The van der Waals surface area contributed by atoms with Crippen LogP contribution in [0.25, 0.3) is 10.8 Å². The van der Waals surface area contributed by atoms with E-state index in [-0.39, 0.29) is 35.7 Å². The van der Waals surface area contributed by atoms with Gasteiger partial charge in [0.15, 0.2) is 0 Å². The van der Waals surface area contributed by atoms with Crippen molar-refractivity contribution in [1.29, 1.82) is 0 Å². The largest absolute Gasteiger partial charge is 0.457 e. The standard InChI is InChI=1S/C23H17NO4/c1-2-12-24-21(25)19-11-10-16(13-20(19)22(24)26)23(27)28-14-17-8-5-7-15-6-3-4-9-18(15)17/h2-11,13H,1,12,14H2. The van der Waals surface area contributed by atoms with Gasteiger partial charge in [0, 0.05) is 6.54 Å². The van der Waals surface area contributed by atoms with Gasteiger partial charge < -0.3 is 4.74 Å². The summed E-state index contributed by atoms with van der Waals surface area (Å²) in [5.74, 6) is -1.35. The third kappa shape index (κ3) is 2.97. The number of esters is 1. The van der Waals surface area contributed by atoms with Crippen molar-refractivity contribution < 1.29 is 19.1 Å². The minimum atomic E-state index is -0.543. The SMILES string of the molecule is C=CCN1C(=O)c2ccc(C(=O)OCc3cccc4ccccc34)cc2C1=O. The summed E-state index contributed by atoms with van der Waals surface area (Å²) in [5, 5.41) is 2.09. The highest BCUT2D eigenvalue weighted by molar-refractivity contribution is 6.22. The van der Waals surface area contributed by atoms with Crippen LogP contribution in [0.1, 0.15) is 36.6 Å². The fourth-order valence-electron chi connectivity index (χ4n) is 3.36. The van der Waals surface area contributed by atoms with Crippen molar-refractivity contribution in [1.82, 2.24) is 4.90 Å². The number of amides is 2. The average molecular weight is 371 g/mol. The van der Waals surface area contributed by atoms with Crippen molar-refractivity contribution in [2.24, 2.45) is 0 Å². The lowest BCUT2D eigenvalue weighted by Gasteiger charge is -2.09. The van der Waals surface area contributed by atoms with E-state index in [0.717, 1.165) is 21.2 Å². The maximum atomic E-state index is 12.5. The summed E-state index contributed by atoms with van der Waals surface area (Å²) in [6, 6.07) is 18.1. The molecule has 0 atom stereocenters. The summed E-state index contributed by atoms with van der Waals surface area (Å²) >= 11 is 0. The van der Waals surface area contributed by atoms with Gasteiger partial charge >= 0.3 is 5.97 Å². The van der Waals surface area contributed by atoms with Gasteiger partial charge in [0.1, 0.15) is 6.61 Å². The number of rotatable bonds is 5. The summed E-state index contributed by atoms with van der Waals surface area (Å²) in [7, 11) is 0. The third-order valence-corrected chi connectivity index (χ3v) is 4.76. The van der Waals surface area contributed by atoms with Crippen LogP contribution < -0.4 is 0 Å². The second kappa shape index (κ2) is 7.12. The van der Waals surface area contributed by atoms with E-state index in [1.807, 2.05) is 42.5 Å². The average Bonchev–Trinajstić information content (AvgIpc) is 2.96. The number of fused-ring (bicyclic) bond motifs is 2. The minimum absolute atomic E-state index is 0.118. The lowest BCUT2D eigenvalue weighted by atomic mass is 10.0. The Kier molecular flexibility index (Phi) is 4.49. The maximum Gasteiger partial charge on any atom is 0.338 e. The van der Waals surface area contributed by atoms with Crippen LogP contribution >= 0.6 is 0 Å². The molecule has 28 heavy (non-hydrogen) atoms. The molecule has 0 unspecified atom stereocenters. The molecule has 4 rings (SSSR count). The lowest BCUT2D eigenvalue weighted by Crippen LogP contribution is -2.29. The first kappa shape index (κ1) is 17.7. The van der Waals surface area contributed by atoms with Gasteiger partial charge in [-0.15, -0.1) is 6.58 Å². The second-order valence-electron chi connectivity index (χ2n) is 6.48. The van der Waals surface area contributed by atoms with Crippen LogP contribution in [-0.4, -0.2) is 29.2 Å². The molecule has 3 aromatic rings. The van der Waals surface area contributed by atoms with Gasteiger partial charge in [0.25, 0.3) is 11.8 Å². The molecule has 138 valence electrons. The fraction of sp³-hybridized carbons (Fsp3) is 0.0870. The molecule has 0 fully saturated rings. The van der Waals surface area contributed by atoms with Crippen LogP contribution in [0.15, 0.2) is 73.3 Å². The molecule has 3 aromatic carbocycles. The van der Waals surface area contributed by atoms with Crippen molar-refractivity contribution >= 4 is 28.6 Å². The number of nitrogens with zero attached hydrogens (tertiary/aromatic N) is 1. The van der Waals surface area contributed by atoms with Crippen molar-refractivity contribution in [2.45, 2.75) is 6.61 Å². The Morgan fingerprint density at radius 3 is 2.54 bits per heavy atom. The van der Waals surface area contributed by atoms with Gasteiger partial charge in [0.05, 0.1) is 16.7 Å². The van der Waals surface area contributed by atoms with Crippen LogP contribution in [-0.2, 0) is 11.3 Å². The van der Waals surface area contributed by atoms with Crippen LogP contribution in [0.2, 0.25) is 0 Å². The summed E-state index contributed by atoms with van der Waals surface area (Å²) in [5.41, 5.74) is 1.64. The van der Waals surface area contributed by atoms with Gasteiger partial charge in [-0.25, -0.2) is 4.79 Å². The Bertz CT molecular complexity index is 1130. The van der Waals surface area contributed by atoms with Crippen LogP contribution in [0.3, 0.4) is 0 Å². The molecule has 0 aromatic heterocycles. The molecule has 5 heteroatoms. The zero-order valence-corrected chi connectivity index (χ0v) is 15.1. The predicted molar refractivity (Wildman–Crippen MR) is 105 cm³/mol. The molecule has 2 amide bonds. The molecule has 0 saturated heterocycles. The highest BCUT2D eigenvalue weighted by atomic mass is 16.5. The van der Waals surface area contributed by atoms with Crippen molar-refractivity contribution in [2.75, 3.05) is 6.54 Å². The summed E-state index contributed by atoms with van der Waals surface area (Å²) in [4.78, 5) is 38.3. The topological polar surface area (TPSA) is 63.7 Å². The number of carbonyl (C=O) groups excluding carboxylic acids is 3. The van der Waals surface area contributed by atoms with E-state index in [4.69, 9.17) is 4.74 Å². The Hall–Kier alpha value is -3.73. The molecule has 0 saturated carbocycles. The summed E-state index contributed by atoms with van der Waals surface area (Å²) < 4.78 is 5.45. The monoisotopic (exact) mass is 371 g/mol. The predicted octanol–water partition coefficient (Wildman–Crippen LogP) is 3.98. The smallest absolute Gasteiger partial charge is 0.338 e. The molecule has 1 aliphatic heterocycles. The number of ether oxygens (including phenoxy) is 1. The van der Waals surface area contributed by atoms with Gasteiger partial charge in [-0.2, -0.15) is 0 Å². The van der Waals surface area contributed by atoms with E-state index >= 15 is 0 Å². The quantitative estimate of drug-likeness (QED) is 0.387. The summed E-state index contributed by atoms with van der Waals surface area (Å²) in [6.07, 6.45) is 1.49. The Morgan fingerprint density at radius 1 is 0.964 bits per heavy atom. The van der Waals surface area contributed by atoms with Crippen LogP contribution in [0, 0.1) is 0 Å². The van der Waals surface area contributed by atoms with Gasteiger partial charge in [-0.3, -0.25) is 14.5 Å². The van der Waals surface area contributed by atoms with E-state index in [9.17, 15) is 14.4 Å². The number of hydrogen-bond donors (Lipinski definition) is 0. The van der Waals surface area contributed by atoms with Gasteiger partial charge in [-0.05, 0) is 34.5 Å². The fourth-order valence-corrected chi connectivity index (χ4v) is 3.36. The van der Waals surface area contributed by atoms with E-state index in [1.165, 1.54) is 24.3 Å². The zero-order valence-electron chi connectivity index (χ0n) is 15.1. The highest BCUT2D eigenvalue weighted by Crippen LogP contribution is 2.25. The molecule has 5 nitrogen and oxygen atoms in total. The first-order valence-corrected chi connectivity index (χ1v) is 8.85. The molecule has 1 heterocycles.